The predicted molar refractivity (Wildman–Crippen MR) is 328 cm³/mol. The molecule has 0 radical (unpaired) electrons. The zero-order chi connectivity index (χ0) is 52.0. The van der Waals surface area contributed by atoms with Gasteiger partial charge in [-0.25, -0.2) is 0 Å². The van der Waals surface area contributed by atoms with Crippen molar-refractivity contribution in [3.05, 3.63) is 29.8 Å². The SMILES string of the molecule is CC(C)CC(CC(C)C)C(=O)C(C)C.CC(C)CC(CC(C)C)C(=O)C(C)C.CC(C)COC[C@H](CC(C)C)C(=O)C(C)C.CC(C)COc1ccc(C[C@H](CC(C)C)C(=O)C(C)C)cc1.S.S.S.S. The lowest BCUT2D eigenvalue weighted by molar-refractivity contribution is -0.129. The molecule has 0 N–H and O–H groups in total. The highest BCUT2D eigenvalue weighted by molar-refractivity contribution is 7.59. The topological polar surface area (TPSA) is 86.7 Å². The highest BCUT2D eigenvalue weighted by atomic mass is 32.1. The molecule has 0 aliphatic heterocycles. The van der Waals surface area contributed by atoms with E-state index < -0.39 is 0 Å². The van der Waals surface area contributed by atoms with Crippen LogP contribution in [0.4, 0.5) is 0 Å². The molecule has 0 amide bonds. The predicted octanol–water partition coefficient (Wildman–Crippen LogP) is 17.0. The zero-order valence-electron chi connectivity index (χ0n) is 50.1. The molecule has 0 aromatic heterocycles. The summed E-state index contributed by atoms with van der Waals surface area (Å²) in [5.41, 5.74) is 1.22. The largest absolute Gasteiger partial charge is 0.493 e. The van der Waals surface area contributed by atoms with Crippen molar-refractivity contribution in [2.24, 2.45) is 94.7 Å². The summed E-state index contributed by atoms with van der Waals surface area (Å²) in [5, 5.41) is 0. The standard InChI is InChI=1S/C20H32O2.C14H28O2.2C13H26O.4H2S/c1-14(2)11-18(20(21)16(5)6)12-17-7-9-19(10-8-17)22-13-15(3)4;1-10(2)7-13(14(15)12(5)6)9-16-8-11(3)4;2*1-9(2)7-12(8-10(3)4)13(14)11(5)6;;;;/h7-10,14-16,18H,11-13H2,1-6H3;10-13H,7-9H2,1-6H3;2*9-12H,7-8H2,1-6H3;4*1H2/t18-;13-;;;;;;/m00....../s1. The van der Waals surface area contributed by atoms with Gasteiger partial charge in [-0.05, 0) is 110 Å². The van der Waals surface area contributed by atoms with Crippen LogP contribution in [0.3, 0.4) is 0 Å². The lowest BCUT2D eigenvalue weighted by Gasteiger charge is -2.21. The van der Waals surface area contributed by atoms with Crippen LogP contribution >= 0.6 is 54.0 Å². The number of ketones is 4. The molecular weight excluding hydrogens is 945 g/mol. The summed E-state index contributed by atoms with van der Waals surface area (Å²) >= 11 is 0. The van der Waals surface area contributed by atoms with Crippen molar-refractivity contribution >= 4 is 77.1 Å². The van der Waals surface area contributed by atoms with Crippen LogP contribution in [-0.4, -0.2) is 43.0 Å². The number of rotatable bonds is 29. The molecular formula is C60H120O6S4. The monoisotopic (exact) mass is 1060 g/mol. The van der Waals surface area contributed by atoms with E-state index in [1.807, 2.05) is 67.5 Å². The van der Waals surface area contributed by atoms with Crippen molar-refractivity contribution in [3.8, 4) is 5.75 Å². The van der Waals surface area contributed by atoms with E-state index in [1.165, 1.54) is 5.56 Å². The molecule has 10 heteroatoms. The number of hydrogen-bond donors (Lipinski definition) is 0. The van der Waals surface area contributed by atoms with Crippen molar-refractivity contribution in [2.75, 3.05) is 19.8 Å². The third-order valence-electron chi connectivity index (χ3n) is 11.2. The number of Topliss-reactive ketones (excluding diaryl/α,β-unsaturated/α-hetero) is 4. The summed E-state index contributed by atoms with van der Waals surface area (Å²) < 4.78 is 11.3. The van der Waals surface area contributed by atoms with Gasteiger partial charge in [0.1, 0.15) is 28.9 Å². The van der Waals surface area contributed by atoms with Gasteiger partial charge in [-0.1, -0.05) is 178 Å². The van der Waals surface area contributed by atoms with E-state index in [-0.39, 0.29) is 101 Å². The first-order valence-corrected chi connectivity index (χ1v) is 26.8. The molecule has 2 atom stereocenters. The summed E-state index contributed by atoms with van der Waals surface area (Å²) in [7, 11) is 0. The van der Waals surface area contributed by atoms with Crippen LogP contribution in [-0.2, 0) is 30.3 Å². The summed E-state index contributed by atoms with van der Waals surface area (Å²) in [4.78, 5) is 48.2. The lowest BCUT2D eigenvalue weighted by atomic mass is 9.83. The van der Waals surface area contributed by atoms with E-state index >= 15 is 0 Å². The van der Waals surface area contributed by atoms with Gasteiger partial charge in [-0.3, -0.25) is 19.2 Å². The molecule has 6 nitrogen and oxygen atoms in total. The van der Waals surface area contributed by atoms with Gasteiger partial charge in [-0.2, -0.15) is 54.0 Å². The van der Waals surface area contributed by atoms with Crippen LogP contribution in [0.1, 0.15) is 210 Å². The van der Waals surface area contributed by atoms with E-state index in [0.717, 1.165) is 63.9 Å². The van der Waals surface area contributed by atoms with Crippen molar-refractivity contribution in [2.45, 2.75) is 211 Å². The Labute approximate surface area is 464 Å². The normalized spacial score (nSPS) is 12.1. The first kappa shape index (κ1) is 83.1. The fourth-order valence-corrected chi connectivity index (χ4v) is 8.24. The fraction of sp³-hybridized carbons (Fsp3) is 0.833. The molecule has 0 heterocycles. The Kier molecular flexibility index (Phi) is 55.3. The molecule has 0 bridgehead atoms. The highest BCUT2D eigenvalue weighted by Gasteiger charge is 2.26. The van der Waals surface area contributed by atoms with E-state index in [4.69, 9.17) is 9.47 Å². The Morgan fingerprint density at radius 2 is 0.586 bits per heavy atom. The number of ether oxygens (including phenoxy) is 2. The van der Waals surface area contributed by atoms with Crippen LogP contribution < -0.4 is 4.74 Å². The summed E-state index contributed by atoms with van der Waals surface area (Å²) in [6, 6.07) is 8.22. The lowest BCUT2D eigenvalue weighted by Crippen LogP contribution is -2.26. The Hall–Kier alpha value is -0.940. The van der Waals surface area contributed by atoms with E-state index in [2.05, 4.69) is 123 Å². The van der Waals surface area contributed by atoms with Crippen molar-refractivity contribution < 1.29 is 28.7 Å². The van der Waals surface area contributed by atoms with Gasteiger partial charge >= 0.3 is 0 Å². The molecule has 0 unspecified atom stereocenters. The minimum atomic E-state index is 0. The molecule has 0 spiro atoms. The fourth-order valence-electron chi connectivity index (χ4n) is 8.24. The maximum atomic E-state index is 12.4. The van der Waals surface area contributed by atoms with Crippen LogP contribution in [0, 0.1) is 94.7 Å². The Balaban J connectivity index is -0.000000151. The number of hydrogen-bond acceptors (Lipinski definition) is 6. The Bertz CT molecular complexity index is 1340. The van der Waals surface area contributed by atoms with Gasteiger partial charge in [0, 0.05) is 54.0 Å². The molecule has 0 saturated carbocycles. The van der Waals surface area contributed by atoms with Crippen molar-refractivity contribution in [3.63, 3.8) is 0 Å². The summed E-state index contributed by atoms with van der Waals surface area (Å²) in [6.07, 6.45) is 6.94. The van der Waals surface area contributed by atoms with Gasteiger partial charge in [0.15, 0.2) is 0 Å². The first-order valence-electron chi connectivity index (χ1n) is 26.8. The van der Waals surface area contributed by atoms with Crippen LogP contribution in [0.25, 0.3) is 0 Å². The zero-order valence-corrected chi connectivity index (χ0v) is 54.1. The second kappa shape index (κ2) is 46.6. The maximum absolute atomic E-state index is 12.4. The maximum Gasteiger partial charge on any atom is 0.140 e. The molecule has 0 saturated heterocycles. The van der Waals surface area contributed by atoms with Gasteiger partial charge in [0.25, 0.3) is 0 Å². The van der Waals surface area contributed by atoms with Crippen molar-refractivity contribution in [1.82, 2.24) is 0 Å². The second-order valence-electron chi connectivity index (χ2n) is 24.3. The highest BCUT2D eigenvalue weighted by Crippen LogP contribution is 2.26. The van der Waals surface area contributed by atoms with Crippen LogP contribution in [0.2, 0.25) is 0 Å². The molecule has 1 aromatic carbocycles. The van der Waals surface area contributed by atoms with Crippen LogP contribution in [0.15, 0.2) is 24.3 Å². The van der Waals surface area contributed by atoms with Gasteiger partial charge in [0.2, 0.25) is 0 Å². The second-order valence-corrected chi connectivity index (χ2v) is 24.3. The van der Waals surface area contributed by atoms with E-state index in [1.54, 1.807) is 0 Å². The van der Waals surface area contributed by atoms with E-state index in [0.29, 0.717) is 77.1 Å². The van der Waals surface area contributed by atoms with E-state index in [9.17, 15) is 19.2 Å². The van der Waals surface area contributed by atoms with Gasteiger partial charge < -0.3 is 9.47 Å². The Morgan fingerprint density at radius 3 is 0.857 bits per heavy atom. The molecule has 0 aliphatic rings. The van der Waals surface area contributed by atoms with Gasteiger partial charge in [-0.15, -0.1) is 0 Å². The number of benzene rings is 1. The third-order valence-corrected chi connectivity index (χ3v) is 11.2. The molecule has 420 valence electrons. The molecule has 1 rings (SSSR count). The smallest absolute Gasteiger partial charge is 0.140 e. The van der Waals surface area contributed by atoms with Gasteiger partial charge in [0.05, 0.1) is 13.2 Å². The molecule has 1 aromatic rings. The quantitative estimate of drug-likeness (QED) is 0.0794. The molecule has 0 fully saturated rings. The number of carbonyl (C=O) groups excluding carboxylic acids is 4. The molecule has 0 aliphatic carbocycles. The minimum Gasteiger partial charge on any atom is -0.493 e. The Morgan fingerprint density at radius 1 is 0.329 bits per heavy atom. The minimum absolute atomic E-state index is 0. The van der Waals surface area contributed by atoms with Crippen molar-refractivity contribution in [1.29, 1.82) is 0 Å². The average Bonchev–Trinajstić information content (AvgIpc) is 3.17. The average molecular weight is 1070 g/mol. The summed E-state index contributed by atoms with van der Waals surface area (Å²) in [6.45, 7) is 52.8. The molecule has 70 heavy (non-hydrogen) atoms. The number of carbonyl (C=O) groups is 4. The third kappa shape index (κ3) is 45.7. The first-order chi connectivity index (χ1) is 30.3. The van der Waals surface area contributed by atoms with Crippen LogP contribution in [0.5, 0.6) is 5.75 Å². The summed E-state index contributed by atoms with van der Waals surface area (Å²) in [5.74, 6) is 8.60.